The number of carboxylic acids is 1. The highest BCUT2D eigenvalue weighted by molar-refractivity contribution is 6.78. The first-order valence-corrected chi connectivity index (χ1v) is 49.2. The van der Waals surface area contributed by atoms with Crippen LogP contribution in [0.4, 0.5) is 4.79 Å². The number of benzene rings is 2. The molecule has 2 fully saturated rings. The molecule has 1 amide bonds. The molecule has 16 atom stereocenters. The van der Waals surface area contributed by atoms with E-state index in [2.05, 4.69) is 163 Å². The molecule has 0 radical (unpaired) electrons. The maximum Gasteiger partial charge on any atom is 0.411 e. The van der Waals surface area contributed by atoms with E-state index in [0.717, 1.165) is 54.6 Å². The smallest absolute Gasteiger partial charge is 0.411 e. The number of esters is 1. The number of hydrogen-bond acceptors (Lipinski definition) is 17. The lowest BCUT2D eigenvalue weighted by Crippen LogP contribution is -2.54. The Labute approximate surface area is 682 Å². The fourth-order valence-electron chi connectivity index (χ4n) is 18.0. The first kappa shape index (κ1) is 99.9. The standard InChI is InChI=1S/C90H157NO18Si3/c1-33-36-70(48-63(14)47-64(15)49-80(101-29)84(109-110(31,32)90(22,23)24)81(102-30)51-65(16)82(92)85(86(93)94)104-56-71-41-44-73(98-26)53-77(71)99-27)78(103-55-68-38-42-72(97-25)43-39-68)54-76(108-112(60(8)9,61(10)11)62(12)13)67(18)83(105-87(95)74-37-34-35-46-91(74)88(96)106-89(19,20)21)66(17)50-69-40-45-75(79(52-69)100-28)107-111(57(2)3,58(4)5)59(6)7/h33,38-39,41-44,48,50,53,57-62,64-65,67,69-70,74-76,78-85,92H,1,34-37,40,45-47,49,51-52,54-56H2,2-32H3,(H,93,94)/b63-48+,66-50+/t64-,65+,67+,69?,70+,74-,75+,76-,78-,79+,80-,81-,82?,83+,84+,85?/m0/s1. The minimum absolute atomic E-state index is 0.0405. The minimum Gasteiger partial charge on any atom is -0.497 e. The Morgan fingerprint density at radius 3 is 1.72 bits per heavy atom. The lowest BCUT2D eigenvalue weighted by molar-refractivity contribution is -0.164. The Morgan fingerprint density at radius 2 is 1.21 bits per heavy atom. The van der Waals surface area contributed by atoms with Crippen LogP contribution in [0.2, 0.25) is 51.4 Å². The number of piperidine rings is 1. The van der Waals surface area contributed by atoms with Crippen LogP contribution in [0.1, 0.15) is 241 Å². The Hall–Kier alpha value is -4.44. The number of methoxy groups -OCH3 is 6. The second-order valence-electron chi connectivity index (χ2n) is 37.1. The molecular formula is C90H157NO18Si3. The normalized spacial score (nSPS) is 20.8. The quantitative estimate of drug-likeness (QED) is 0.0358. The molecular weight excluding hydrogens is 1470 g/mol. The SMILES string of the molecule is C=CC[C@H](/C=C(\C)C[C@H](C)C[C@H](OC)[C@@H](O[Si](C)(C)C(C)(C)C)[C@H](C[C@@H](C)C(O)C(OCc1ccc(OC)cc1OC)C(=O)O)OC)[C@H](C[C@H](O[Si](C(C)C)(C(C)C)C(C)C)[C@@H](C)[C@H](OC(=O)[C@@H]1CCCCN1C(=O)OC(C)(C)C)/C(C)=C/C1CC[C@@H](O[Si](C(C)C)(C(C)C)C(C)C)[C@H](OC)C1)OCc1ccc(OC)cc1. The number of nitrogens with zero attached hydrogens (tertiary/aromatic N) is 1. The number of rotatable bonds is 47. The van der Waals surface area contributed by atoms with Crippen LogP contribution in [-0.2, 0) is 69.2 Å². The second kappa shape index (κ2) is 45.5. The lowest BCUT2D eigenvalue weighted by atomic mass is 9.81. The summed E-state index contributed by atoms with van der Waals surface area (Å²) in [5.74, 6) is -1.12. The van der Waals surface area contributed by atoms with Crippen molar-refractivity contribution in [3.8, 4) is 17.2 Å². The fraction of sp³-hybridized carbons (Fsp3) is 0.767. The molecule has 19 nitrogen and oxygen atoms in total. The predicted octanol–water partition coefficient (Wildman–Crippen LogP) is 21.2. The number of likely N-dealkylation sites (tertiary alicyclic amines) is 1. The molecule has 1 saturated heterocycles. The van der Waals surface area contributed by atoms with E-state index in [0.29, 0.717) is 78.9 Å². The van der Waals surface area contributed by atoms with Crippen molar-refractivity contribution in [2.24, 2.45) is 29.6 Å². The van der Waals surface area contributed by atoms with E-state index in [-0.39, 0.29) is 64.7 Å². The number of hydrogen-bond donors (Lipinski definition) is 2. The molecule has 642 valence electrons. The molecule has 1 aliphatic heterocycles. The Morgan fingerprint density at radius 1 is 0.643 bits per heavy atom. The van der Waals surface area contributed by atoms with Crippen LogP contribution < -0.4 is 14.2 Å². The molecule has 0 aromatic heterocycles. The number of aliphatic hydroxyl groups is 1. The summed E-state index contributed by atoms with van der Waals surface area (Å²) in [5.41, 5.74) is 4.73. The van der Waals surface area contributed by atoms with Crippen LogP contribution in [-0.4, -0.2) is 180 Å². The van der Waals surface area contributed by atoms with E-state index in [1.54, 1.807) is 51.5 Å². The average molecular weight is 1630 g/mol. The van der Waals surface area contributed by atoms with Crippen molar-refractivity contribution < 1.29 is 85.2 Å². The van der Waals surface area contributed by atoms with Gasteiger partial charge in [-0.15, -0.1) is 6.58 Å². The number of amides is 1. The third-order valence-electron chi connectivity index (χ3n) is 24.9. The van der Waals surface area contributed by atoms with Gasteiger partial charge in [0.1, 0.15) is 35.0 Å². The zero-order chi connectivity index (χ0) is 84.7. The minimum atomic E-state index is -2.79. The number of aliphatic carboxylic acids is 1. The van der Waals surface area contributed by atoms with Gasteiger partial charge >= 0.3 is 18.0 Å². The zero-order valence-electron chi connectivity index (χ0n) is 75.5. The topological polar surface area (TPSA) is 215 Å². The molecule has 1 heterocycles. The molecule has 1 saturated carbocycles. The van der Waals surface area contributed by atoms with Gasteiger partial charge in [-0.3, -0.25) is 4.90 Å². The molecule has 2 aliphatic rings. The molecule has 112 heavy (non-hydrogen) atoms. The van der Waals surface area contributed by atoms with E-state index in [1.165, 1.54) is 7.11 Å². The van der Waals surface area contributed by atoms with Gasteiger partial charge in [0.05, 0.1) is 83.4 Å². The fourth-order valence-corrected chi connectivity index (χ4v) is 30.6. The Balaban J connectivity index is 1.93. The van der Waals surface area contributed by atoms with Crippen LogP contribution in [0.3, 0.4) is 0 Å². The van der Waals surface area contributed by atoms with E-state index in [4.69, 9.17) is 60.6 Å². The lowest BCUT2D eigenvalue weighted by Gasteiger charge is -2.48. The second-order valence-corrected chi connectivity index (χ2v) is 52.7. The zero-order valence-corrected chi connectivity index (χ0v) is 78.5. The monoisotopic (exact) mass is 1620 g/mol. The number of allylic oxidation sites excluding steroid dienone is 3. The van der Waals surface area contributed by atoms with Crippen molar-refractivity contribution in [3.05, 3.63) is 89.5 Å². The van der Waals surface area contributed by atoms with Crippen molar-refractivity contribution in [1.82, 2.24) is 4.90 Å². The third kappa shape index (κ3) is 27.6. The molecule has 2 aromatic carbocycles. The van der Waals surface area contributed by atoms with Crippen LogP contribution in [0.15, 0.2) is 78.4 Å². The van der Waals surface area contributed by atoms with Crippen molar-refractivity contribution >= 4 is 43.0 Å². The number of aliphatic hydroxyl groups excluding tert-OH is 1. The van der Waals surface area contributed by atoms with Crippen LogP contribution in [0.25, 0.3) is 0 Å². The summed E-state index contributed by atoms with van der Waals surface area (Å²) in [6.07, 6.45) is 6.42. The molecule has 0 spiro atoms. The van der Waals surface area contributed by atoms with E-state index in [1.807, 2.05) is 65.1 Å². The average Bonchev–Trinajstić information content (AvgIpc) is 0.790. The first-order chi connectivity index (χ1) is 52.3. The van der Waals surface area contributed by atoms with Crippen LogP contribution >= 0.6 is 0 Å². The van der Waals surface area contributed by atoms with E-state index >= 15 is 4.79 Å². The van der Waals surface area contributed by atoms with Crippen LogP contribution in [0, 0.1) is 29.6 Å². The highest BCUT2D eigenvalue weighted by Gasteiger charge is 2.52. The van der Waals surface area contributed by atoms with Crippen molar-refractivity contribution in [3.63, 3.8) is 0 Å². The highest BCUT2D eigenvalue weighted by atomic mass is 28.4. The van der Waals surface area contributed by atoms with Gasteiger partial charge in [0.25, 0.3) is 0 Å². The summed E-state index contributed by atoms with van der Waals surface area (Å²) < 4.78 is 85.8. The van der Waals surface area contributed by atoms with Gasteiger partial charge < -0.3 is 70.9 Å². The maximum absolute atomic E-state index is 15.6. The third-order valence-corrected chi connectivity index (χ3v) is 41.6. The van der Waals surface area contributed by atoms with E-state index < -0.39 is 115 Å². The number of ether oxygens (including phenoxy) is 10. The van der Waals surface area contributed by atoms with Crippen LogP contribution in [0.5, 0.6) is 17.2 Å². The first-order valence-electron chi connectivity index (χ1n) is 42.0. The molecule has 3 unspecified atom stereocenters. The Bertz CT molecular complexity index is 3170. The Kier molecular flexibility index (Phi) is 40.6. The van der Waals surface area contributed by atoms with Gasteiger partial charge in [-0.2, -0.15) is 0 Å². The van der Waals surface area contributed by atoms with Gasteiger partial charge in [0, 0.05) is 51.3 Å². The number of carbonyl (C=O) groups excluding carboxylic acids is 2. The van der Waals surface area contributed by atoms with Gasteiger partial charge in [-0.25, -0.2) is 14.4 Å². The number of carbonyl (C=O) groups is 3. The number of carboxylic acid groups (broad SMARTS) is 1. The van der Waals surface area contributed by atoms with Gasteiger partial charge in [-0.05, 0) is 210 Å². The largest absolute Gasteiger partial charge is 0.497 e. The molecule has 2 N–H and O–H groups in total. The van der Waals surface area contributed by atoms with E-state index in [9.17, 15) is 19.8 Å². The molecule has 2 aromatic rings. The maximum atomic E-state index is 15.6. The summed E-state index contributed by atoms with van der Waals surface area (Å²) in [6, 6.07) is 12.3. The summed E-state index contributed by atoms with van der Waals surface area (Å²) >= 11 is 0. The summed E-state index contributed by atoms with van der Waals surface area (Å²) in [6.45, 7) is 59.9. The highest BCUT2D eigenvalue weighted by Crippen LogP contribution is 2.49. The predicted molar refractivity (Wildman–Crippen MR) is 459 cm³/mol. The molecule has 22 heteroatoms. The van der Waals surface area contributed by atoms with Gasteiger partial charge in [-0.1, -0.05) is 161 Å². The van der Waals surface area contributed by atoms with Gasteiger partial charge in [0.2, 0.25) is 16.6 Å². The van der Waals surface area contributed by atoms with Gasteiger partial charge in [0.15, 0.2) is 14.4 Å². The summed E-state index contributed by atoms with van der Waals surface area (Å²) in [7, 11) is 2.28. The summed E-state index contributed by atoms with van der Waals surface area (Å²) in [5, 5.41) is 22.3. The summed E-state index contributed by atoms with van der Waals surface area (Å²) in [4.78, 5) is 44.3. The molecule has 4 rings (SSSR count). The molecule has 0 bridgehead atoms. The molecule has 1 aliphatic carbocycles. The van der Waals surface area contributed by atoms with Crippen molar-refractivity contribution in [2.45, 2.75) is 367 Å². The van der Waals surface area contributed by atoms with Crippen molar-refractivity contribution in [1.29, 1.82) is 0 Å². The van der Waals surface area contributed by atoms with Crippen molar-refractivity contribution in [2.75, 3.05) is 49.2 Å².